The minimum atomic E-state index is 0.536. The molecule has 0 saturated carbocycles. The van der Waals surface area contributed by atoms with Crippen molar-refractivity contribution in [2.75, 3.05) is 0 Å². The highest BCUT2D eigenvalue weighted by Crippen LogP contribution is 2.34. The normalized spacial score (nSPS) is 14.7. The number of hydrogen-bond acceptors (Lipinski definition) is 3. The molecule has 0 fully saturated rings. The van der Waals surface area contributed by atoms with Gasteiger partial charge in [0, 0.05) is 22.7 Å². The Labute approximate surface area is 122 Å². The van der Waals surface area contributed by atoms with Gasteiger partial charge in [0.15, 0.2) is 4.96 Å². The van der Waals surface area contributed by atoms with Gasteiger partial charge in [-0.25, -0.2) is 4.98 Å². The number of hydrogen-bond donors (Lipinski definition) is 1. The van der Waals surface area contributed by atoms with E-state index in [9.17, 15) is 0 Å². The number of imidazole rings is 1. The van der Waals surface area contributed by atoms with Crippen LogP contribution in [0.2, 0.25) is 0 Å². The Morgan fingerprint density at radius 3 is 2.75 bits per heavy atom. The van der Waals surface area contributed by atoms with Crippen molar-refractivity contribution in [3.63, 3.8) is 0 Å². The molecule has 2 heterocycles. The highest BCUT2D eigenvalue weighted by atomic mass is 32.1. The molecule has 0 aliphatic heterocycles. The number of aromatic nitrogens is 2. The van der Waals surface area contributed by atoms with Crippen molar-refractivity contribution >= 4 is 16.3 Å². The van der Waals surface area contributed by atoms with Crippen molar-refractivity contribution < 1.29 is 0 Å². The van der Waals surface area contributed by atoms with E-state index in [1.54, 1.807) is 0 Å². The minimum Gasteiger partial charge on any atom is -0.325 e. The van der Waals surface area contributed by atoms with Crippen molar-refractivity contribution in [3.8, 4) is 11.3 Å². The Kier molecular flexibility index (Phi) is 2.86. The average molecular weight is 283 g/mol. The van der Waals surface area contributed by atoms with Gasteiger partial charge in [-0.3, -0.25) is 4.40 Å². The lowest BCUT2D eigenvalue weighted by atomic mass is 10.0. The van der Waals surface area contributed by atoms with Crippen LogP contribution >= 0.6 is 11.3 Å². The van der Waals surface area contributed by atoms with Crippen LogP contribution in [0.1, 0.15) is 29.1 Å². The van der Waals surface area contributed by atoms with E-state index < -0.39 is 0 Å². The Bertz CT molecular complexity index is 755. The summed E-state index contributed by atoms with van der Waals surface area (Å²) in [6.45, 7) is 0.536. The van der Waals surface area contributed by atoms with E-state index in [0.29, 0.717) is 6.54 Å². The van der Waals surface area contributed by atoms with Gasteiger partial charge in [0.25, 0.3) is 0 Å². The molecular formula is C16H17N3S. The molecular weight excluding hydrogens is 266 g/mol. The molecule has 2 N–H and O–H groups in total. The third kappa shape index (κ3) is 1.72. The van der Waals surface area contributed by atoms with E-state index in [4.69, 9.17) is 10.7 Å². The number of fused-ring (bicyclic) bond motifs is 3. The average Bonchev–Trinajstić information content (AvgIpc) is 3.03. The van der Waals surface area contributed by atoms with Gasteiger partial charge in [0.1, 0.15) is 0 Å². The van der Waals surface area contributed by atoms with Crippen LogP contribution in [0.15, 0.2) is 30.3 Å². The molecule has 4 heteroatoms. The molecule has 0 saturated heterocycles. The topological polar surface area (TPSA) is 43.3 Å². The van der Waals surface area contributed by atoms with E-state index in [2.05, 4.69) is 28.7 Å². The van der Waals surface area contributed by atoms with Crippen molar-refractivity contribution in [3.05, 3.63) is 46.6 Å². The summed E-state index contributed by atoms with van der Waals surface area (Å²) in [5.74, 6) is 0. The lowest BCUT2D eigenvalue weighted by Crippen LogP contribution is -2.08. The van der Waals surface area contributed by atoms with E-state index in [1.165, 1.54) is 29.8 Å². The zero-order chi connectivity index (χ0) is 13.5. The van der Waals surface area contributed by atoms with Crippen LogP contribution < -0.4 is 5.73 Å². The summed E-state index contributed by atoms with van der Waals surface area (Å²) in [6.07, 6.45) is 4.95. The molecule has 3 nitrogen and oxygen atoms in total. The Hall–Kier alpha value is -1.65. The van der Waals surface area contributed by atoms with Gasteiger partial charge in [0.2, 0.25) is 0 Å². The highest BCUT2D eigenvalue weighted by Gasteiger charge is 2.22. The quantitative estimate of drug-likeness (QED) is 0.783. The van der Waals surface area contributed by atoms with Gasteiger partial charge in [-0.15, -0.1) is 11.3 Å². The fraction of sp³-hybridized carbons (Fsp3) is 0.312. The number of thiazole rings is 1. The molecule has 0 atom stereocenters. The van der Waals surface area contributed by atoms with E-state index >= 15 is 0 Å². The fourth-order valence-electron chi connectivity index (χ4n) is 3.11. The molecule has 0 bridgehead atoms. The van der Waals surface area contributed by atoms with Crippen molar-refractivity contribution in [1.29, 1.82) is 0 Å². The smallest absolute Gasteiger partial charge is 0.194 e. The predicted molar refractivity (Wildman–Crippen MR) is 83.0 cm³/mol. The molecule has 1 aliphatic carbocycles. The Balaban J connectivity index is 1.98. The second-order valence-corrected chi connectivity index (χ2v) is 6.34. The number of nitrogens with two attached hydrogens (primary N) is 1. The van der Waals surface area contributed by atoms with Crippen LogP contribution in [-0.4, -0.2) is 9.38 Å². The maximum atomic E-state index is 6.03. The summed E-state index contributed by atoms with van der Waals surface area (Å²) in [7, 11) is 0. The van der Waals surface area contributed by atoms with E-state index in [1.807, 2.05) is 17.4 Å². The minimum absolute atomic E-state index is 0.536. The van der Waals surface area contributed by atoms with Gasteiger partial charge in [0.05, 0.1) is 11.4 Å². The molecule has 4 rings (SSSR count). The van der Waals surface area contributed by atoms with Crippen molar-refractivity contribution in [1.82, 2.24) is 9.38 Å². The molecule has 0 spiro atoms. The zero-order valence-corrected chi connectivity index (χ0v) is 12.1. The summed E-state index contributed by atoms with van der Waals surface area (Å²) in [6, 6.07) is 10.4. The van der Waals surface area contributed by atoms with E-state index in [0.717, 1.165) is 28.3 Å². The summed E-state index contributed by atoms with van der Waals surface area (Å²) in [5.41, 5.74) is 10.9. The maximum absolute atomic E-state index is 6.03. The van der Waals surface area contributed by atoms with Gasteiger partial charge in [-0.05, 0) is 25.7 Å². The van der Waals surface area contributed by atoms with Crippen LogP contribution in [0.4, 0.5) is 0 Å². The maximum Gasteiger partial charge on any atom is 0.194 e. The third-order valence-corrected chi connectivity index (χ3v) is 5.20. The van der Waals surface area contributed by atoms with Gasteiger partial charge in [-0.2, -0.15) is 0 Å². The van der Waals surface area contributed by atoms with Gasteiger partial charge < -0.3 is 5.73 Å². The van der Waals surface area contributed by atoms with Crippen LogP contribution in [0, 0.1) is 0 Å². The van der Waals surface area contributed by atoms with E-state index in [-0.39, 0.29) is 0 Å². The molecule has 0 radical (unpaired) electrons. The second-order valence-electron chi connectivity index (χ2n) is 5.27. The number of rotatable bonds is 2. The first kappa shape index (κ1) is 12.1. The fourth-order valence-corrected chi connectivity index (χ4v) is 4.34. The first-order chi connectivity index (χ1) is 9.88. The van der Waals surface area contributed by atoms with Crippen LogP contribution in [0.5, 0.6) is 0 Å². The van der Waals surface area contributed by atoms with Crippen molar-refractivity contribution in [2.24, 2.45) is 5.73 Å². The largest absolute Gasteiger partial charge is 0.325 e. The molecule has 3 aromatic rings. The van der Waals surface area contributed by atoms with Gasteiger partial charge in [-0.1, -0.05) is 30.3 Å². The number of aryl methyl sites for hydroxylation is 2. The molecule has 0 amide bonds. The second kappa shape index (κ2) is 4.72. The number of nitrogens with zero attached hydrogens (tertiary/aromatic N) is 2. The zero-order valence-electron chi connectivity index (χ0n) is 11.3. The summed E-state index contributed by atoms with van der Waals surface area (Å²) in [5, 5.41) is 0. The summed E-state index contributed by atoms with van der Waals surface area (Å²) in [4.78, 5) is 7.48. The molecule has 1 aromatic carbocycles. The summed E-state index contributed by atoms with van der Waals surface area (Å²) < 4.78 is 2.32. The molecule has 20 heavy (non-hydrogen) atoms. The lowest BCUT2D eigenvalue weighted by molar-refractivity contribution is 0.670. The predicted octanol–water partition coefficient (Wildman–Crippen LogP) is 3.40. The monoisotopic (exact) mass is 283 g/mol. The first-order valence-corrected chi connectivity index (χ1v) is 7.97. The molecule has 0 unspecified atom stereocenters. The molecule has 1 aliphatic rings. The van der Waals surface area contributed by atoms with Crippen LogP contribution in [0.25, 0.3) is 16.2 Å². The van der Waals surface area contributed by atoms with Crippen LogP contribution in [0.3, 0.4) is 0 Å². The van der Waals surface area contributed by atoms with Crippen molar-refractivity contribution in [2.45, 2.75) is 32.2 Å². The Morgan fingerprint density at radius 1 is 1.15 bits per heavy atom. The number of benzene rings is 1. The SMILES string of the molecule is NCc1c(-c2ccccc2)nc2sc3c(n12)CCCC3. The molecule has 102 valence electrons. The molecule has 2 aromatic heterocycles. The van der Waals surface area contributed by atoms with Crippen LogP contribution in [-0.2, 0) is 19.4 Å². The standard InChI is InChI=1S/C16H17N3S/c17-10-13-15(11-6-2-1-3-7-11)18-16-19(13)12-8-4-5-9-14(12)20-16/h1-3,6-7H,4-5,8-10,17H2. The summed E-state index contributed by atoms with van der Waals surface area (Å²) >= 11 is 1.84. The highest BCUT2D eigenvalue weighted by molar-refractivity contribution is 7.17. The Morgan fingerprint density at radius 2 is 1.95 bits per heavy atom. The third-order valence-electron chi connectivity index (χ3n) is 4.06. The first-order valence-electron chi connectivity index (χ1n) is 7.16. The lowest BCUT2D eigenvalue weighted by Gasteiger charge is -2.12. The van der Waals surface area contributed by atoms with Gasteiger partial charge >= 0.3 is 0 Å².